The number of thiazole rings is 1. The van der Waals surface area contributed by atoms with Gasteiger partial charge >= 0.3 is 6.09 Å². The molecule has 0 aliphatic carbocycles. The van der Waals surface area contributed by atoms with Gasteiger partial charge in [-0.2, -0.15) is 0 Å². The lowest BCUT2D eigenvalue weighted by molar-refractivity contribution is 0.00674. The van der Waals surface area contributed by atoms with Crippen molar-refractivity contribution >= 4 is 17.4 Å². The van der Waals surface area contributed by atoms with E-state index in [-0.39, 0.29) is 11.5 Å². The Morgan fingerprint density at radius 3 is 2.95 bits per heavy atom. The molecule has 1 aromatic heterocycles. The summed E-state index contributed by atoms with van der Waals surface area (Å²) in [6.07, 6.45) is 1.95. The van der Waals surface area contributed by atoms with Crippen LogP contribution in [0.1, 0.15) is 46.2 Å². The zero-order valence-electron chi connectivity index (χ0n) is 14.0. The number of aromatic nitrogens is 1. The largest absolute Gasteiger partial charge is 0.444 e. The van der Waals surface area contributed by atoms with E-state index in [1.165, 1.54) is 0 Å². The molecule has 0 spiro atoms. The molecule has 1 aliphatic rings. The number of likely N-dealkylation sites (tertiary alicyclic amines) is 1. The molecule has 124 valence electrons. The molecule has 0 bridgehead atoms. The summed E-state index contributed by atoms with van der Waals surface area (Å²) in [5.74, 6) is 0. The molecule has 5 nitrogen and oxygen atoms in total. The standard InChI is InChI=1S/C16H27N3O2S/c1-15(2,3)21-14(20)19-7-5-6-16(4,11-19)10-17-8-13-9-22-12-18-13/h9,12,17H,5-8,10-11H2,1-4H3. The molecule has 2 rings (SSSR count). The summed E-state index contributed by atoms with van der Waals surface area (Å²) in [4.78, 5) is 18.4. The van der Waals surface area contributed by atoms with Gasteiger partial charge in [-0.3, -0.25) is 0 Å². The SMILES string of the molecule is CC1(CNCc2cscn2)CCCN(C(=O)OC(C)(C)C)C1. The monoisotopic (exact) mass is 325 g/mol. The minimum atomic E-state index is -0.437. The predicted molar refractivity (Wildman–Crippen MR) is 89.0 cm³/mol. The Kier molecular flexibility index (Phi) is 5.45. The highest BCUT2D eigenvalue weighted by Gasteiger charge is 2.34. The molecule has 1 amide bonds. The number of rotatable bonds is 4. The van der Waals surface area contributed by atoms with Crippen molar-refractivity contribution in [2.45, 2.75) is 52.7 Å². The molecule has 0 aromatic carbocycles. The van der Waals surface area contributed by atoms with Crippen molar-refractivity contribution in [3.05, 3.63) is 16.6 Å². The van der Waals surface area contributed by atoms with E-state index in [2.05, 4.69) is 22.6 Å². The Hall–Kier alpha value is -1.14. The fraction of sp³-hybridized carbons (Fsp3) is 0.750. The van der Waals surface area contributed by atoms with Gasteiger partial charge in [0.05, 0.1) is 11.2 Å². The van der Waals surface area contributed by atoms with Crippen molar-refractivity contribution in [2.24, 2.45) is 5.41 Å². The lowest BCUT2D eigenvalue weighted by Gasteiger charge is -2.41. The first-order valence-corrected chi connectivity index (χ1v) is 8.77. The number of nitrogens with zero attached hydrogens (tertiary/aromatic N) is 2. The Bertz CT molecular complexity index is 484. The zero-order chi connectivity index (χ0) is 16.2. The maximum Gasteiger partial charge on any atom is 0.410 e. The van der Waals surface area contributed by atoms with Crippen molar-refractivity contribution in [3.8, 4) is 0 Å². The van der Waals surface area contributed by atoms with E-state index in [1.807, 2.05) is 31.2 Å². The van der Waals surface area contributed by atoms with E-state index in [4.69, 9.17) is 4.74 Å². The van der Waals surface area contributed by atoms with Gasteiger partial charge in [0.15, 0.2) is 0 Å². The molecule has 1 fully saturated rings. The number of carbonyl (C=O) groups is 1. The van der Waals surface area contributed by atoms with E-state index >= 15 is 0 Å². The van der Waals surface area contributed by atoms with Crippen molar-refractivity contribution in [1.29, 1.82) is 0 Å². The Labute approximate surface area is 137 Å². The third-order valence-electron chi connectivity index (χ3n) is 3.77. The van der Waals surface area contributed by atoms with Crippen LogP contribution < -0.4 is 5.32 Å². The Balaban J connectivity index is 1.84. The van der Waals surface area contributed by atoms with E-state index in [0.717, 1.165) is 44.7 Å². The summed E-state index contributed by atoms with van der Waals surface area (Å²) in [6, 6.07) is 0. The van der Waals surface area contributed by atoms with Crippen LogP contribution in [-0.4, -0.2) is 41.2 Å². The molecule has 0 saturated carbocycles. The first-order chi connectivity index (χ1) is 10.3. The smallest absolute Gasteiger partial charge is 0.410 e. The van der Waals surface area contributed by atoms with Crippen LogP contribution in [0.4, 0.5) is 4.79 Å². The van der Waals surface area contributed by atoms with Crippen LogP contribution in [0.25, 0.3) is 0 Å². The molecule has 22 heavy (non-hydrogen) atoms. The molecule has 1 saturated heterocycles. The number of piperidine rings is 1. The summed E-state index contributed by atoms with van der Waals surface area (Å²) in [6.45, 7) is 11.1. The van der Waals surface area contributed by atoms with Gasteiger partial charge in [-0.05, 0) is 39.0 Å². The number of amides is 1. The van der Waals surface area contributed by atoms with Crippen LogP contribution in [0, 0.1) is 5.41 Å². The highest BCUT2D eigenvalue weighted by atomic mass is 32.1. The zero-order valence-corrected chi connectivity index (χ0v) is 14.8. The van der Waals surface area contributed by atoms with Crippen LogP contribution in [0.5, 0.6) is 0 Å². The highest BCUT2D eigenvalue weighted by molar-refractivity contribution is 7.07. The molecular formula is C16H27N3O2S. The van der Waals surface area contributed by atoms with Crippen molar-refractivity contribution in [3.63, 3.8) is 0 Å². The van der Waals surface area contributed by atoms with Crippen LogP contribution in [0.3, 0.4) is 0 Å². The van der Waals surface area contributed by atoms with Crippen LogP contribution in [0.2, 0.25) is 0 Å². The minimum absolute atomic E-state index is 0.0885. The van der Waals surface area contributed by atoms with Crippen LogP contribution >= 0.6 is 11.3 Å². The second kappa shape index (κ2) is 6.96. The third-order valence-corrected chi connectivity index (χ3v) is 4.41. The average molecular weight is 325 g/mol. The number of hydrogen-bond acceptors (Lipinski definition) is 5. The summed E-state index contributed by atoms with van der Waals surface area (Å²) in [5, 5.41) is 5.53. The third kappa shape index (κ3) is 5.25. The van der Waals surface area contributed by atoms with Gasteiger partial charge in [0.1, 0.15) is 5.60 Å². The second-order valence-corrected chi connectivity index (χ2v) is 8.12. The van der Waals surface area contributed by atoms with Gasteiger partial charge in [-0.15, -0.1) is 11.3 Å². The van der Waals surface area contributed by atoms with Crippen LogP contribution in [0.15, 0.2) is 10.9 Å². The topological polar surface area (TPSA) is 54.5 Å². The molecule has 1 N–H and O–H groups in total. The quantitative estimate of drug-likeness (QED) is 0.923. The number of nitrogens with one attached hydrogen (secondary N) is 1. The maximum atomic E-state index is 12.2. The van der Waals surface area contributed by atoms with Gasteiger partial charge in [0, 0.05) is 31.6 Å². The molecule has 2 heterocycles. The number of ether oxygens (including phenoxy) is 1. The summed E-state index contributed by atoms with van der Waals surface area (Å²) >= 11 is 1.61. The predicted octanol–water partition coefficient (Wildman–Crippen LogP) is 3.27. The Morgan fingerprint density at radius 2 is 2.32 bits per heavy atom. The molecular weight excluding hydrogens is 298 g/mol. The van der Waals surface area contributed by atoms with E-state index in [0.29, 0.717) is 0 Å². The van der Waals surface area contributed by atoms with Crippen LogP contribution in [-0.2, 0) is 11.3 Å². The first kappa shape index (κ1) is 17.2. The van der Waals surface area contributed by atoms with E-state index in [9.17, 15) is 4.79 Å². The first-order valence-electron chi connectivity index (χ1n) is 7.83. The molecule has 1 aromatic rings. The van der Waals surface area contributed by atoms with Crippen molar-refractivity contribution in [2.75, 3.05) is 19.6 Å². The summed E-state index contributed by atoms with van der Waals surface area (Å²) < 4.78 is 5.49. The van der Waals surface area contributed by atoms with Crippen molar-refractivity contribution in [1.82, 2.24) is 15.2 Å². The molecule has 0 radical (unpaired) electrons. The molecule has 1 atom stereocenters. The fourth-order valence-corrected chi connectivity index (χ4v) is 3.32. The van der Waals surface area contributed by atoms with E-state index in [1.54, 1.807) is 11.3 Å². The van der Waals surface area contributed by atoms with Crippen molar-refractivity contribution < 1.29 is 9.53 Å². The maximum absolute atomic E-state index is 12.2. The molecule has 6 heteroatoms. The highest BCUT2D eigenvalue weighted by Crippen LogP contribution is 2.29. The van der Waals surface area contributed by atoms with E-state index < -0.39 is 5.60 Å². The molecule has 1 aliphatic heterocycles. The van der Waals surface area contributed by atoms with Gasteiger partial charge in [0.2, 0.25) is 0 Å². The Morgan fingerprint density at radius 1 is 1.55 bits per heavy atom. The van der Waals surface area contributed by atoms with Gasteiger partial charge in [-0.1, -0.05) is 6.92 Å². The molecule has 1 unspecified atom stereocenters. The minimum Gasteiger partial charge on any atom is -0.444 e. The van der Waals surface area contributed by atoms with Gasteiger partial charge in [-0.25, -0.2) is 9.78 Å². The fourth-order valence-electron chi connectivity index (χ4n) is 2.76. The van der Waals surface area contributed by atoms with Gasteiger partial charge < -0.3 is 15.0 Å². The summed E-state index contributed by atoms with van der Waals surface area (Å²) in [7, 11) is 0. The van der Waals surface area contributed by atoms with Gasteiger partial charge in [0.25, 0.3) is 0 Å². The average Bonchev–Trinajstić information content (AvgIpc) is 2.90. The lowest BCUT2D eigenvalue weighted by atomic mass is 9.82. The summed E-state index contributed by atoms with van der Waals surface area (Å²) in [5.41, 5.74) is 2.58. The normalized spacial score (nSPS) is 22.6. The second-order valence-electron chi connectivity index (χ2n) is 7.40. The number of carbonyl (C=O) groups excluding carboxylic acids is 1. The number of hydrogen-bond donors (Lipinski definition) is 1. The lowest BCUT2D eigenvalue weighted by Crippen LogP contribution is -2.50.